The van der Waals surface area contributed by atoms with Gasteiger partial charge in [0.1, 0.15) is 0 Å². The van der Waals surface area contributed by atoms with Crippen molar-refractivity contribution >= 4 is 0 Å². The molecule has 22 heavy (non-hydrogen) atoms. The zero-order valence-corrected chi connectivity index (χ0v) is 14.9. The van der Waals surface area contributed by atoms with Gasteiger partial charge in [-0.05, 0) is 103 Å². The Morgan fingerprint density at radius 2 is 1.00 bits per heavy atom. The fraction of sp³-hybridized carbons (Fsp3) is 0.727. The monoisotopic (exact) mass is 296 g/mol. The van der Waals surface area contributed by atoms with Gasteiger partial charge in [0.2, 0.25) is 0 Å². The first kappa shape index (κ1) is 14.8. The molecule has 0 N–H and O–H groups in total. The van der Waals surface area contributed by atoms with Crippen LogP contribution < -0.4 is 0 Å². The van der Waals surface area contributed by atoms with Gasteiger partial charge in [-0.1, -0.05) is 32.9 Å². The summed E-state index contributed by atoms with van der Waals surface area (Å²) in [6.07, 6.45) is 8.53. The Hall–Kier alpha value is -0.780. The predicted octanol–water partition coefficient (Wildman–Crippen LogP) is 6.54. The molecule has 1 aromatic carbocycles. The molecule has 0 radical (unpaired) electrons. The highest BCUT2D eigenvalue weighted by molar-refractivity contribution is 5.45. The van der Waals surface area contributed by atoms with Crippen molar-refractivity contribution < 1.29 is 0 Å². The predicted molar refractivity (Wildman–Crippen MR) is 94.6 cm³/mol. The first-order valence-corrected chi connectivity index (χ1v) is 9.65. The second-order valence-corrected chi connectivity index (χ2v) is 9.14. The third-order valence-corrected chi connectivity index (χ3v) is 6.98. The van der Waals surface area contributed by atoms with E-state index >= 15 is 0 Å². The molecule has 0 spiro atoms. The van der Waals surface area contributed by atoms with Crippen molar-refractivity contribution in [2.75, 3.05) is 0 Å². The van der Waals surface area contributed by atoms with Crippen molar-refractivity contribution in [1.82, 2.24) is 0 Å². The Kier molecular flexibility index (Phi) is 3.62. The topological polar surface area (TPSA) is 0 Å². The van der Waals surface area contributed by atoms with Gasteiger partial charge < -0.3 is 0 Å². The third-order valence-electron chi connectivity index (χ3n) is 6.98. The summed E-state index contributed by atoms with van der Waals surface area (Å²) in [7, 11) is 0. The quantitative estimate of drug-likeness (QED) is 0.594. The minimum absolute atomic E-state index is 0.864. The second kappa shape index (κ2) is 5.39. The Balaban J connectivity index is 1.67. The van der Waals surface area contributed by atoms with E-state index in [9.17, 15) is 0 Å². The normalized spacial score (nSPS) is 40.5. The van der Waals surface area contributed by atoms with Crippen LogP contribution >= 0.6 is 0 Å². The van der Waals surface area contributed by atoms with Gasteiger partial charge in [0.15, 0.2) is 0 Å². The summed E-state index contributed by atoms with van der Waals surface area (Å²) in [6.45, 7) is 9.66. The van der Waals surface area contributed by atoms with E-state index < -0.39 is 0 Å². The van der Waals surface area contributed by atoms with E-state index in [0.717, 1.165) is 35.5 Å². The van der Waals surface area contributed by atoms with Crippen molar-refractivity contribution in [3.05, 3.63) is 34.4 Å². The molecule has 0 saturated heterocycles. The average Bonchev–Trinajstić information content (AvgIpc) is 2.38. The number of rotatable bonds is 3. The van der Waals surface area contributed by atoms with E-state index in [0.29, 0.717) is 0 Å². The molecular weight excluding hydrogens is 264 g/mol. The molecule has 0 unspecified atom stereocenters. The first-order chi connectivity index (χ1) is 10.5. The van der Waals surface area contributed by atoms with Crippen molar-refractivity contribution in [2.24, 2.45) is 17.8 Å². The lowest BCUT2D eigenvalue weighted by molar-refractivity contribution is 0.274. The molecule has 3 aliphatic carbocycles. The van der Waals surface area contributed by atoms with Gasteiger partial charge in [0.25, 0.3) is 0 Å². The van der Waals surface area contributed by atoms with E-state index in [1.165, 1.54) is 38.5 Å². The van der Waals surface area contributed by atoms with Gasteiger partial charge in [-0.2, -0.15) is 0 Å². The van der Waals surface area contributed by atoms with Crippen molar-refractivity contribution in [3.8, 4) is 0 Å². The van der Waals surface area contributed by atoms with Crippen molar-refractivity contribution in [3.63, 3.8) is 0 Å². The van der Waals surface area contributed by atoms with E-state index in [1.54, 1.807) is 22.3 Å². The van der Waals surface area contributed by atoms with Crippen LogP contribution in [0.5, 0.6) is 0 Å². The lowest BCUT2D eigenvalue weighted by Gasteiger charge is -2.40. The summed E-state index contributed by atoms with van der Waals surface area (Å²) in [5, 5.41) is 0. The molecule has 0 amide bonds. The molecule has 1 aromatic rings. The highest BCUT2D eigenvalue weighted by atomic mass is 14.4. The van der Waals surface area contributed by atoms with Crippen LogP contribution in [0.4, 0.5) is 0 Å². The zero-order chi connectivity index (χ0) is 15.4. The molecule has 0 heterocycles. The van der Waals surface area contributed by atoms with Crippen LogP contribution in [0.25, 0.3) is 0 Å². The van der Waals surface area contributed by atoms with E-state index in [2.05, 4.69) is 39.8 Å². The molecule has 3 saturated carbocycles. The molecule has 0 bridgehead atoms. The summed E-state index contributed by atoms with van der Waals surface area (Å²) in [6, 6.07) is 5.24. The maximum Gasteiger partial charge on any atom is -0.0154 e. The molecule has 0 nitrogen and oxygen atoms in total. The highest BCUT2D eigenvalue weighted by Crippen LogP contribution is 2.50. The standard InChI is InChI=1S/C22H32/c1-13-5-17(6-13)18-11-21(19-7-14(2)8-19)16(4)22(12-18)20-9-15(3)10-20/h11-15,17,19-20H,5-10H2,1-4H3. The smallest absolute Gasteiger partial charge is 0.0154 e. The SMILES string of the molecule is Cc1c(C2CC(C)C2)cc(C2CC(C)C2)cc1C1CC(C)C1. The van der Waals surface area contributed by atoms with Gasteiger partial charge >= 0.3 is 0 Å². The van der Waals surface area contributed by atoms with E-state index in [1.807, 2.05) is 0 Å². The molecular formula is C22H32. The fourth-order valence-electron chi connectivity index (χ4n) is 5.35. The minimum atomic E-state index is 0.864. The average molecular weight is 296 g/mol. The second-order valence-electron chi connectivity index (χ2n) is 9.14. The molecule has 120 valence electrons. The number of benzene rings is 1. The molecule has 0 atom stereocenters. The molecule has 0 heteroatoms. The van der Waals surface area contributed by atoms with Crippen LogP contribution in [-0.2, 0) is 0 Å². The minimum Gasteiger partial charge on any atom is -0.0625 e. The first-order valence-electron chi connectivity index (χ1n) is 9.65. The van der Waals surface area contributed by atoms with Crippen molar-refractivity contribution in [2.45, 2.75) is 84.0 Å². The van der Waals surface area contributed by atoms with Crippen molar-refractivity contribution in [1.29, 1.82) is 0 Å². The highest BCUT2D eigenvalue weighted by Gasteiger charge is 2.34. The Morgan fingerprint density at radius 1 is 0.636 bits per heavy atom. The Morgan fingerprint density at radius 3 is 1.36 bits per heavy atom. The van der Waals surface area contributed by atoms with Gasteiger partial charge in [-0.25, -0.2) is 0 Å². The van der Waals surface area contributed by atoms with Crippen LogP contribution in [-0.4, -0.2) is 0 Å². The molecule has 0 aromatic heterocycles. The lowest BCUT2D eigenvalue weighted by Crippen LogP contribution is -2.25. The largest absolute Gasteiger partial charge is 0.0625 e. The molecule has 0 aliphatic heterocycles. The van der Waals surface area contributed by atoms with E-state index in [-0.39, 0.29) is 0 Å². The van der Waals surface area contributed by atoms with Gasteiger partial charge in [-0.15, -0.1) is 0 Å². The molecule has 3 aliphatic rings. The maximum absolute atomic E-state index is 2.62. The summed E-state index contributed by atoms with van der Waals surface area (Å²) < 4.78 is 0. The number of hydrogen-bond acceptors (Lipinski definition) is 0. The Bertz CT molecular complexity index is 512. The van der Waals surface area contributed by atoms with Gasteiger partial charge in [-0.3, -0.25) is 0 Å². The summed E-state index contributed by atoms with van der Waals surface area (Å²) in [5.41, 5.74) is 6.80. The summed E-state index contributed by atoms with van der Waals surface area (Å²) >= 11 is 0. The van der Waals surface area contributed by atoms with Crippen LogP contribution in [0, 0.1) is 24.7 Å². The zero-order valence-electron chi connectivity index (χ0n) is 14.9. The lowest BCUT2D eigenvalue weighted by atomic mass is 9.65. The van der Waals surface area contributed by atoms with E-state index in [4.69, 9.17) is 0 Å². The van der Waals surface area contributed by atoms with Crippen LogP contribution in [0.1, 0.15) is 99.3 Å². The van der Waals surface area contributed by atoms with Gasteiger partial charge in [0.05, 0.1) is 0 Å². The van der Waals surface area contributed by atoms with Crippen LogP contribution in [0.3, 0.4) is 0 Å². The maximum atomic E-state index is 2.62. The summed E-state index contributed by atoms with van der Waals surface area (Å²) in [5.74, 6) is 5.44. The van der Waals surface area contributed by atoms with Crippen LogP contribution in [0.2, 0.25) is 0 Å². The molecule has 4 rings (SSSR count). The third kappa shape index (κ3) is 2.43. The summed E-state index contributed by atoms with van der Waals surface area (Å²) in [4.78, 5) is 0. The Labute approximate surface area is 136 Å². The van der Waals surface area contributed by atoms with Gasteiger partial charge in [0, 0.05) is 0 Å². The fourth-order valence-corrected chi connectivity index (χ4v) is 5.35. The number of hydrogen-bond donors (Lipinski definition) is 0. The molecule has 3 fully saturated rings. The van der Waals surface area contributed by atoms with Crippen LogP contribution in [0.15, 0.2) is 12.1 Å².